The fourth-order valence-corrected chi connectivity index (χ4v) is 4.36. The molecule has 0 heterocycles. The Morgan fingerprint density at radius 3 is 1.22 bits per heavy atom. The summed E-state index contributed by atoms with van der Waals surface area (Å²) in [5, 5.41) is 2.75. The Morgan fingerprint density at radius 1 is 0.562 bits per heavy atom. The van der Waals surface area contributed by atoms with Gasteiger partial charge in [0.25, 0.3) is 0 Å². The lowest BCUT2D eigenvalue weighted by atomic mass is 9.86. The summed E-state index contributed by atoms with van der Waals surface area (Å²) in [5.41, 5.74) is 4.32. The predicted octanol–water partition coefficient (Wildman–Crippen LogP) is 7.73. The van der Waals surface area contributed by atoms with Crippen LogP contribution in [0.15, 0.2) is 72.8 Å². The van der Waals surface area contributed by atoms with Crippen LogP contribution in [0.5, 0.6) is 0 Å². The van der Waals surface area contributed by atoms with Crippen LogP contribution in [0.1, 0.15) is 56.8 Å². The third-order valence-electron chi connectivity index (χ3n) is 5.80. The van der Waals surface area contributed by atoms with Gasteiger partial charge in [-0.3, -0.25) is 9.59 Å². The molecule has 0 unspecified atom stereocenters. The van der Waals surface area contributed by atoms with Gasteiger partial charge in [0.1, 0.15) is 0 Å². The predicted molar refractivity (Wildman–Crippen MR) is 132 cm³/mol. The van der Waals surface area contributed by atoms with Gasteiger partial charge in [0.15, 0.2) is 11.6 Å². The Labute approximate surface area is 197 Å². The van der Waals surface area contributed by atoms with Gasteiger partial charge in [0.05, 0.1) is 0 Å². The maximum atomic E-state index is 13.6. The highest BCUT2D eigenvalue weighted by atomic mass is 35.5. The summed E-state index contributed by atoms with van der Waals surface area (Å²) in [6, 6.07) is 21.7. The van der Waals surface area contributed by atoms with Gasteiger partial charge in [-0.1, -0.05) is 61.3 Å². The van der Waals surface area contributed by atoms with Gasteiger partial charge in [0, 0.05) is 32.3 Å². The first-order valence-corrected chi connectivity index (χ1v) is 11.4. The first kappa shape index (κ1) is 22.3. The largest absolute Gasteiger partial charge is 0.289 e. The standard InChI is InChI=1S/C28H22Cl2O2/c1-3-17-9-15-24-23(25(17)27(31)19-5-11-21(29)12-6-19)16-10-18(4-2)26(24)28(32)20-7-13-22(30)14-8-20/h5-16H,3-4H2,1-2H3. The maximum absolute atomic E-state index is 13.6. The molecule has 0 aliphatic rings. The molecular formula is C28H22Cl2O2. The Bertz CT molecular complexity index is 1220. The lowest BCUT2D eigenvalue weighted by Gasteiger charge is -2.16. The minimum absolute atomic E-state index is 0.0711. The molecule has 0 spiro atoms. The zero-order valence-electron chi connectivity index (χ0n) is 17.9. The first-order chi connectivity index (χ1) is 15.4. The smallest absolute Gasteiger partial charge is 0.193 e. The minimum atomic E-state index is -0.0711. The second-order valence-electron chi connectivity index (χ2n) is 7.67. The van der Waals surface area contributed by atoms with E-state index in [0.717, 1.165) is 21.9 Å². The number of benzene rings is 4. The topological polar surface area (TPSA) is 34.1 Å². The number of fused-ring (bicyclic) bond motifs is 1. The average Bonchev–Trinajstić information content (AvgIpc) is 2.82. The third-order valence-corrected chi connectivity index (χ3v) is 6.31. The van der Waals surface area contributed by atoms with Crippen LogP contribution in [0.3, 0.4) is 0 Å². The lowest BCUT2D eigenvalue weighted by Crippen LogP contribution is -2.10. The summed E-state index contributed by atoms with van der Waals surface area (Å²) in [5.74, 6) is -0.142. The van der Waals surface area contributed by atoms with E-state index < -0.39 is 0 Å². The highest BCUT2D eigenvalue weighted by Gasteiger charge is 2.22. The van der Waals surface area contributed by atoms with Gasteiger partial charge in [0.2, 0.25) is 0 Å². The molecule has 0 N–H and O–H groups in total. The molecule has 0 bridgehead atoms. The fraction of sp³-hybridized carbons (Fsp3) is 0.143. The summed E-state index contributed by atoms with van der Waals surface area (Å²) in [6.07, 6.45) is 1.42. The summed E-state index contributed by atoms with van der Waals surface area (Å²) in [6.45, 7) is 4.06. The first-order valence-electron chi connectivity index (χ1n) is 10.6. The number of ketones is 2. The van der Waals surface area contributed by atoms with Crippen molar-refractivity contribution >= 4 is 45.5 Å². The molecule has 0 aliphatic heterocycles. The van der Waals surface area contributed by atoms with E-state index in [1.165, 1.54) is 0 Å². The molecule has 0 atom stereocenters. The summed E-state index contributed by atoms with van der Waals surface area (Å²) in [4.78, 5) is 27.1. The SMILES string of the molecule is CCc1ccc2c(C(=O)c3ccc(Cl)cc3)c(CC)ccc2c1C(=O)c1ccc(Cl)cc1. The van der Waals surface area contributed by atoms with Crippen LogP contribution < -0.4 is 0 Å². The van der Waals surface area contributed by atoms with E-state index >= 15 is 0 Å². The average molecular weight is 461 g/mol. The Kier molecular flexibility index (Phi) is 6.45. The van der Waals surface area contributed by atoms with Crippen molar-refractivity contribution in [3.05, 3.63) is 116 Å². The van der Waals surface area contributed by atoms with E-state index in [1.807, 2.05) is 38.1 Å². The molecule has 4 aromatic rings. The zero-order valence-corrected chi connectivity index (χ0v) is 19.4. The third kappa shape index (κ3) is 4.09. The monoisotopic (exact) mass is 460 g/mol. The van der Waals surface area contributed by atoms with Crippen molar-refractivity contribution in [2.45, 2.75) is 26.7 Å². The molecule has 32 heavy (non-hydrogen) atoms. The molecule has 4 rings (SSSR count). The van der Waals surface area contributed by atoms with E-state index in [0.29, 0.717) is 45.1 Å². The summed E-state index contributed by atoms with van der Waals surface area (Å²) >= 11 is 12.0. The quantitative estimate of drug-likeness (QED) is 0.275. The number of aryl methyl sites for hydroxylation is 2. The number of rotatable bonds is 6. The molecule has 160 valence electrons. The normalized spacial score (nSPS) is 11.0. The fourth-order valence-electron chi connectivity index (χ4n) is 4.11. The van der Waals surface area contributed by atoms with E-state index in [9.17, 15) is 9.59 Å². The highest BCUT2D eigenvalue weighted by Crippen LogP contribution is 2.32. The highest BCUT2D eigenvalue weighted by molar-refractivity contribution is 6.31. The zero-order chi connectivity index (χ0) is 22.8. The van der Waals surface area contributed by atoms with Gasteiger partial charge in [-0.25, -0.2) is 0 Å². The Hall–Kier alpha value is -2.94. The van der Waals surface area contributed by atoms with E-state index in [1.54, 1.807) is 48.5 Å². The van der Waals surface area contributed by atoms with E-state index in [4.69, 9.17) is 23.2 Å². The van der Waals surface area contributed by atoms with Crippen molar-refractivity contribution in [3.8, 4) is 0 Å². The Morgan fingerprint density at radius 2 is 0.906 bits per heavy atom. The van der Waals surface area contributed by atoms with Crippen LogP contribution in [0.25, 0.3) is 10.8 Å². The van der Waals surface area contributed by atoms with Crippen molar-refractivity contribution in [2.75, 3.05) is 0 Å². The Balaban J connectivity index is 1.97. The molecule has 0 saturated heterocycles. The summed E-state index contributed by atoms with van der Waals surface area (Å²) in [7, 11) is 0. The number of halogens is 2. The van der Waals surface area contributed by atoms with Crippen molar-refractivity contribution in [1.29, 1.82) is 0 Å². The molecule has 2 nitrogen and oxygen atoms in total. The van der Waals surface area contributed by atoms with E-state index in [2.05, 4.69) is 0 Å². The second kappa shape index (κ2) is 9.28. The number of hydrogen-bond acceptors (Lipinski definition) is 2. The van der Waals surface area contributed by atoms with Gasteiger partial charge in [-0.2, -0.15) is 0 Å². The molecule has 0 aromatic heterocycles. The lowest BCUT2D eigenvalue weighted by molar-refractivity contribution is 0.103. The number of hydrogen-bond donors (Lipinski definition) is 0. The molecule has 0 radical (unpaired) electrons. The van der Waals surface area contributed by atoms with Crippen LogP contribution in [-0.4, -0.2) is 11.6 Å². The molecule has 0 aliphatic carbocycles. The van der Waals surface area contributed by atoms with Gasteiger partial charge >= 0.3 is 0 Å². The van der Waals surface area contributed by atoms with Crippen LogP contribution in [0, 0.1) is 0 Å². The molecule has 0 saturated carbocycles. The van der Waals surface area contributed by atoms with Crippen molar-refractivity contribution < 1.29 is 9.59 Å². The van der Waals surface area contributed by atoms with Crippen LogP contribution in [-0.2, 0) is 12.8 Å². The van der Waals surface area contributed by atoms with Crippen LogP contribution in [0.2, 0.25) is 10.0 Å². The summed E-state index contributed by atoms with van der Waals surface area (Å²) < 4.78 is 0. The van der Waals surface area contributed by atoms with Crippen molar-refractivity contribution in [3.63, 3.8) is 0 Å². The molecule has 4 aromatic carbocycles. The van der Waals surface area contributed by atoms with Gasteiger partial charge in [-0.15, -0.1) is 0 Å². The second-order valence-corrected chi connectivity index (χ2v) is 8.55. The maximum Gasteiger partial charge on any atom is 0.193 e. The molecular weight excluding hydrogens is 439 g/mol. The van der Waals surface area contributed by atoms with Crippen molar-refractivity contribution in [2.24, 2.45) is 0 Å². The van der Waals surface area contributed by atoms with E-state index in [-0.39, 0.29) is 11.6 Å². The molecule has 0 amide bonds. The number of carbonyl (C=O) groups is 2. The molecule has 4 heteroatoms. The van der Waals surface area contributed by atoms with Gasteiger partial charge < -0.3 is 0 Å². The van der Waals surface area contributed by atoms with Crippen LogP contribution >= 0.6 is 23.2 Å². The number of carbonyl (C=O) groups excluding carboxylic acids is 2. The van der Waals surface area contributed by atoms with Gasteiger partial charge in [-0.05, 0) is 83.3 Å². The molecule has 0 fully saturated rings. The van der Waals surface area contributed by atoms with Crippen molar-refractivity contribution in [1.82, 2.24) is 0 Å². The minimum Gasteiger partial charge on any atom is -0.289 e. The van der Waals surface area contributed by atoms with Crippen LogP contribution in [0.4, 0.5) is 0 Å².